The molecule has 0 unspecified atom stereocenters. The van der Waals surface area contributed by atoms with Crippen molar-refractivity contribution < 1.29 is 43.5 Å². The quantitative estimate of drug-likeness (QED) is 0.0164. The number of aromatic amines is 2. The van der Waals surface area contributed by atoms with E-state index in [0.717, 1.165) is 10.9 Å². The maximum Gasteiger partial charge on any atom is 0.326 e. The van der Waals surface area contributed by atoms with Crippen molar-refractivity contribution in [3.63, 3.8) is 0 Å². The second-order valence-electron chi connectivity index (χ2n) is 20.2. The lowest BCUT2D eigenvalue weighted by atomic mass is 9.98. The number of carboxylic acids is 1. The van der Waals surface area contributed by atoms with Crippen LogP contribution in [0.1, 0.15) is 91.3 Å². The summed E-state index contributed by atoms with van der Waals surface area (Å²) in [5.41, 5.74) is 24.2. The fraction of sp³-hybridized carbons (Fsp3) is 0.560. The molecule has 79 heavy (non-hydrogen) atoms. The first kappa shape index (κ1) is 64.8. The Labute approximate surface area is 458 Å². The molecule has 8 atom stereocenters. The second kappa shape index (κ2) is 32.3. The first-order valence-electron chi connectivity index (χ1n) is 26.2. The Morgan fingerprint density at radius 1 is 0.544 bits per heavy atom. The molecule has 0 aliphatic heterocycles. The van der Waals surface area contributed by atoms with E-state index in [-0.39, 0.29) is 94.8 Å². The zero-order valence-corrected chi connectivity index (χ0v) is 45.6. The molecule has 436 valence electrons. The molecule has 7 amide bonds. The average molecular weight is 1110 g/mol. The van der Waals surface area contributed by atoms with E-state index >= 15 is 0 Å². The van der Waals surface area contributed by atoms with Gasteiger partial charge < -0.3 is 91.2 Å². The van der Waals surface area contributed by atoms with Gasteiger partial charge in [0.1, 0.15) is 42.3 Å². The topological polar surface area (TPSA) is 497 Å². The number of nitrogens with zero attached hydrogens (tertiary/aromatic N) is 1. The molecule has 1 aromatic carbocycles. The Kier molecular flexibility index (Phi) is 26.5. The van der Waals surface area contributed by atoms with Crippen molar-refractivity contribution in [2.45, 2.75) is 141 Å². The molecular weight excluding hydrogens is 1020 g/mol. The standard InChI is InChI=1S/C50H82N20O9/c1-25(2)37(51)44(75)67-36(21-29-23-58-24-63-29)43(74)69-39(27(5)6)46(77)70-38(26(3)4)45(76)68-35(20-28-22-62-31-13-8-7-12-30(28)31)42(73)65-32(14-9-17-59-48(52)53)40(71)64-33(15-10-18-60-49(54)55)41(72)66-34(47(78)79)16-11-19-61-50(56)57/h7-8,12-13,22-27,32-39,62H,9-11,14-21,51H2,1-6H3,(H,58,63)(H,64,71)(H,65,73)(H,66,72)(H,67,75)(H,68,76)(H,69,74)(H,70,77)(H,78,79)(H4,52,53,59)(H4,54,55,60)(H4,56,57,61)/t32-,33-,34-,35-,36-,37-,38-,39-/m0/s1. The molecule has 2 heterocycles. The number of imidazole rings is 1. The first-order valence-corrected chi connectivity index (χ1v) is 26.2. The molecule has 0 saturated carbocycles. The van der Waals surface area contributed by atoms with Gasteiger partial charge in [0.05, 0.1) is 18.1 Å². The number of hydrogen-bond donors (Lipinski definition) is 20. The molecule has 0 aliphatic rings. The predicted octanol–water partition coefficient (Wildman–Crippen LogP) is -2.76. The summed E-state index contributed by atoms with van der Waals surface area (Å²) in [6.45, 7) is 10.5. The van der Waals surface area contributed by atoms with Gasteiger partial charge in [-0.15, -0.1) is 0 Å². The number of carbonyl (C=O) groups is 8. The van der Waals surface area contributed by atoms with Crippen LogP contribution in [0.4, 0.5) is 0 Å². The number of nitrogens with one attached hydrogen (secondary N) is 15. The number of rotatable bonds is 34. The van der Waals surface area contributed by atoms with Crippen LogP contribution in [0.5, 0.6) is 0 Å². The Morgan fingerprint density at radius 3 is 1.43 bits per heavy atom. The number of fused-ring (bicyclic) bond motifs is 1. The van der Waals surface area contributed by atoms with Crippen LogP contribution in [0, 0.1) is 34.0 Å². The molecule has 0 radical (unpaired) electrons. The number of benzene rings is 1. The molecule has 2 aromatic heterocycles. The van der Waals surface area contributed by atoms with Crippen molar-refractivity contribution in [1.29, 1.82) is 16.2 Å². The molecule has 0 bridgehead atoms. The van der Waals surface area contributed by atoms with E-state index in [1.54, 1.807) is 60.0 Å². The fourth-order valence-corrected chi connectivity index (χ4v) is 8.15. The zero-order valence-electron chi connectivity index (χ0n) is 45.6. The van der Waals surface area contributed by atoms with E-state index in [1.165, 1.54) is 6.33 Å². The number of guanidine groups is 3. The summed E-state index contributed by atoms with van der Waals surface area (Å²) >= 11 is 0. The van der Waals surface area contributed by atoms with Crippen molar-refractivity contribution >= 4 is 76.1 Å². The smallest absolute Gasteiger partial charge is 0.326 e. The number of hydrogen-bond acceptors (Lipinski definition) is 13. The molecule has 29 heteroatoms. The molecule has 0 aliphatic carbocycles. The van der Waals surface area contributed by atoms with Gasteiger partial charge in [-0.25, -0.2) is 9.78 Å². The van der Waals surface area contributed by atoms with Crippen molar-refractivity contribution in [3.05, 3.63) is 54.2 Å². The van der Waals surface area contributed by atoms with E-state index in [9.17, 15) is 43.5 Å². The summed E-state index contributed by atoms with van der Waals surface area (Å²) in [5, 5.41) is 59.8. The molecule has 0 spiro atoms. The lowest BCUT2D eigenvalue weighted by Crippen LogP contribution is -2.62. The van der Waals surface area contributed by atoms with Gasteiger partial charge in [-0.1, -0.05) is 59.7 Å². The number of aromatic nitrogens is 3. The van der Waals surface area contributed by atoms with Crippen LogP contribution in [-0.4, -0.2) is 153 Å². The van der Waals surface area contributed by atoms with Crippen LogP contribution in [0.15, 0.2) is 43.0 Å². The van der Waals surface area contributed by atoms with Crippen molar-refractivity contribution in [2.24, 2.45) is 40.7 Å². The van der Waals surface area contributed by atoms with E-state index in [0.29, 0.717) is 11.3 Å². The van der Waals surface area contributed by atoms with Crippen LogP contribution in [0.25, 0.3) is 10.9 Å². The molecule has 3 rings (SSSR count). The van der Waals surface area contributed by atoms with Crippen LogP contribution in [-0.2, 0) is 51.2 Å². The monoisotopic (exact) mass is 1110 g/mol. The van der Waals surface area contributed by atoms with Gasteiger partial charge >= 0.3 is 5.97 Å². The maximum absolute atomic E-state index is 14.8. The highest BCUT2D eigenvalue weighted by Crippen LogP contribution is 2.20. The van der Waals surface area contributed by atoms with Crippen LogP contribution in [0.3, 0.4) is 0 Å². The second-order valence-corrected chi connectivity index (χ2v) is 20.2. The zero-order chi connectivity index (χ0) is 58.9. The van der Waals surface area contributed by atoms with Crippen molar-refractivity contribution in [3.8, 4) is 0 Å². The minimum absolute atomic E-state index is 0.0425. The number of nitrogens with two attached hydrogens (primary N) is 4. The van der Waals surface area contributed by atoms with E-state index in [2.05, 4.69) is 68.1 Å². The number of carbonyl (C=O) groups excluding carboxylic acids is 7. The largest absolute Gasteiger partial charge is 0.480 e. The van der Waals surface area contributed by atoms with Crippen LogP contribution in [0.2, 0.25) is 0 Å². The predicted molar refractivity (Wildman–Crippen MR) is 295 cm³/mol. The normalized spacial score (nSPS) is 14.3. The Morgan fingerprint density at radius 2 is 0.962 bits per heavy atom. The summed E-state index contributed by atoms with van der Waals surface area (Å²) in [7, 11) is 0. The highest BCUT2D eigenvalue weighted by Gasteiger charge is 2.37. The summed E-state index contributed by atoms with van der Waals surface area (Å²) in [4.78, 5) is 121. The summed E-state index contributed by atoms with van der Waals surface area (Å²) < 4.78 is 0. The molecule has 0 fully saturated rings. The molecule has 29 nitrogen and oxygen atoms in total. The summed E-state index contributed by atoms with van der Waals surface area (Å²) in [6.07, 6.45) is 4.70. The highest BCUT2D eigenvalue weighted by molar-refractivity contribution is 5.98. The van der Waals surface area contributed by atoms with E-state index in [4.69, 9.17) is 39.2 Å². The molecule has 24 N–H and O–H groups in total. The summed E-state index contributed by atoms with van der Waals surface area (Å²) in [5.74, 6) is -9.22. The van der Waals surface area contributed by atoms with Gasteiger partial charge in [-0.2, -0.15) is 0 Å². The minimum Gasteiger partial charge on any atom is -0.480 e. The number of aliphatic carboxylic acids is 1. The lowest BCUT2D eigenvalue weighted by molar-refractivity contribution is -0.142. The van der Waals surface area contributed by atoms with E-state index in [1.807, 2.05) is 18.2 Å². The van der Waals surface area contributed by atoms with Crippen LogP contribution >= 0.6 is 0 Å². The Hall–Kier alpha value is -8.50. The third-order valence-electron chi connectivity index (χ3n) is 12.7. The lowest BCUT2D eigenvalue weighted by Gasteiger charge is -2.30. The number of H-pyrrole nitrogens is 2. The van der Waals surface area contributed by atoms with Gasteiger partial charge in [0.15, 0.2) is 17.9 Å². The third-order valence-corrected chi connectivity index (χ3v) is 12.7. The van der Waals surface area contributed by atoms with Gasteiger partial charge in [0.25, 0.3) is 0 Å². The van der Waals surface area contributed by atoms with Gasteiger partial charge in [0, 0.05) is 55.8 Å². The average Bonchev–Trinajstić information content (AvgIpc) is 4.06. The maximum atomic E-state index is 14.8. The third kappa shape index (κ3) is 22.2. The fourth-order valence-electron chi connectivity index (χ4n) is 8.15. The Balaban J connectivity index is 1.98. The number of carboxylic acid groups (broad SMARTS) is 1. The van der Waals surface area contributed by atoms with Crippen molar-refractivity contribution in [2.75, 3.05) is 19.6 Å². The van der Waals surface area contributed by atoms with E-state index < -0.39 is 107 Å². The van der Waals surface area contributed by atoms with Crippen LogP contribution < -0.4 is 76.1 Å². The Bertz CT molecular complexity index is 2550. The highest BCUT2D eigenvalue weighted by atomic mass is 16.4. The van der Waals surface area contributed by atoms with Gasteiger partial charge in [0.2, 0.25) is 41.4 Å². The number of para-hydroxylation sites is 1. The number of amides is 7. The van der Waals surface area contributed by atoms with Gasteiger partial charge in [-0.3, -0.25) is 49.8 Å². The molecule has 0 saturated heterocycles. The molecular formula is C50H82N20O9. The molecule has 3 aromatic rings. The minimum atomic E-state index is -1.43. The van der Waals surface area contributed by atoms with Gasteiger partial charge in [-0.05, 0) is 67.9 Å². The first-order chi connectivity index (χ1) is 37.3. The van der Waals surface area contributed by atoms with Crippen molar-refractivity contribution in [1.82, 2.24) is 68.1 Å². The SMILES string of the molecule is CC(C)[C@H](N)C(=O)N[C@@H](Cc1c[nH]cn1)C(=O)N[C@H](C(=O)N[C@H](C(=O)N[C@@H](Cc1c[nH]c2ccccc12)C(=O)N[C@@H](CCCNC(=N)N)C(=O)N[C@@H](CCCNC(=N)N)C(=O)N[C@@H](CCCNC(=N)N)C(=O)O)C(C)C)C(C)C. The summed E-state index contributed by atoms with van der Waals surface area (Å²) in [6, 6.07) is -3.08.